The van der Waals surface area contributed by atoms with E-state index in [2.05, 4.69) is 115 Å². The molecule has 0 unspecified atom stereocenters. The second-order valence-corrected chi connectivity index (χ2v) is 18.7. The maximum absolute atomic E-state index is 6.42. The number of rotatable bonds is 15. The van der Waals surface area contributed by atoms with Crippen molar-refractivity contribution in [2.45, 2.75) is 57.5 Å². The summed E-state index contributed by atoms with van der Waals surface area (Å²) < 4.78 is 19.6. The van der Waals surface area contributed by atoms with Crippen LogP contribution in [0.2, 0.25) is 0 Å². The minimum absolute atomic E-state index is 0.264. The van der Waals surface area contributed by atoms with Crippen molar-refractivity contribution in [2.24, 2.45) is 14.1 Å². The Balaban J connectivity index is 0.901. The van der Waals surface area contributed by atoms with Crippen LogP contribution in [0.5, 0.6) is 11.6 Å². The van der Waals surface area contributed by atoms with Crippen molar-refractivity contribution >= 4 is 33.6 Å². The van der Waals surface area contributed by atoms with Crippen LogP contribution >= 0.6 is 0 Å². The lowest BCUT2D eigenvalue weighted by atomic mass is 9.98. The van der Waals surface area contributed by atoms with Crippen molar-refractivity contribution in [3.63, 3.8) is 0 Å². The van der Waals surface area contributed by atoms with E-state index in [9.17, 15) is 0 Å². The molecule has 0 aliphatic carbocycles. The van der Waals surface area contributed by atoms with Gasteiger partial charge in [-0.3, -0.25) is 0 Å². The van der Waals surface area contributed by atoms with Crippen molar-refractivity contribution < 1.29 is 9.47 Å². The van der Waals surface area contributed by atoms with E-state index in [0.717, 1.165) is 127 Å². The van der Waals surface area contributed by atoms with Crippen LogP contribution in [-0.2, 0) is 31.7 Å². The molecule has 2 saturated heterocycles. The lowest BCUT2D eigenvalue weighted by Gasteiger charge is -2.32. The minimum atomic E-state index is 0.264. The molecule has 17 heteroatoms. The monoisotopic (exact) mass is 925 g/mol. The van der Waals surface area contributed by atoms with Gasteiger partial charge < -0.3 is 34.5 Å². The largest absolute Gasteiger partial charge is 0.439 e. The molecule has 17 nitrogen and oxygen atoms in total. The van der Waals surface area contributed by atoms with Gasteiger partial charge >= 0.3 is 0 Å². The van der Waals surface area contributed by atoms with E-state index in [0.29, 0.717) is 36.1 Å². The van der Waals surface area contributed by atoms with Crippen molar-refractivity contribution in [3.8, 4) is 34.3 Å². The second kappa shape index (κ2) is 19.1. The maximum atomic E-state index is 6.42. The van der Waals surface area contributed by atoms with E-state index in [1.54, 1.807) is 11.8 Å². The number of likely N-dealkylation sites (tertiary alicyclic amines) is 2. The van der Waals surface area contributed by atoms with E-state index in [1.165, 1.54) is 16.5 Å². The number of fused-ring (bicyclic) bond motifs is 3. The maximum Gasteiger partial charge on any atom is 0.227 e. The Morgan fingerprint density at radius 3 is 2.06 bits per heavy atom. The molecule has 354 valence electrons. The molecule has 3 aromatic carbocycles. The Kier molecular flexibility index (Phi) is 12.2. The van der Waals surface area contributed by atoms with Gasteiger partial charge in [0.2, 0.25) is 17.2 Å². The summed E-state index contributed by atoms with van der Waals surface area (Å²) in [5.41, 5.74) is 11.4. The zero-order valence-corrected chi connectivity index (χ0v) is 40.0. The van der Waals surface area contributed by atoms with Crippen molar-refractivity contribution in [1.29, 1.82) is 0 Å². The Bertz CT molecular complexity index is 3230. The fourth-order valence-corrected chi connectivity index (χ4v) is 10.1. The van der Waals surface area contributed by atoms with E-state index < -0.39 is 0 Å². The number of aromatic nitrogens is 11. The highest BCUT2D eigenvalue weighted by Gasteiger charge is 2.26. The number of nitrogens with zero attached hydrogens (tertiary/aromatic N) is 13. The van der Waals surface area contributed by atoms with Crippen LogP contribution in [0.15, 0.2) is 97.2 Å². The van der Waals surface area contributed by atoms with E-state index in [1.807, 2.05) is 59.5 Å². The van der Waals surface area contributed by atoms with Crippen LogP contribution in [0.4, 0.5) is 11.4 Å². The summed E-state index contributed by atoms with van der Waals surface area (Å²) in [6.07, 6.45) is 7.20. The summed E-state index contributed by atoms with van der Waals surface area (Å²) in [4.78, 5) is 4.85. The molecule has 2 N–H and O–H groups in total. The fourth-order valence-electron chi connectivity index (χ4n) is 10.1. The van der Waals surface area contributed by atoms with Crippen LogP contribution in [0.1, 0.15) is 54.0 Å². The number of piperidine rings is 2. The van der Waals surface area contributed by atoms with Crippen molar-refractivity contribution in [3.05, 3.63) is 126 Å². The molecule has 8 heterocycles. The number of para-hydroxylation sites is 2. The molecular weight excluding hydrogens is 867 g/mol. The number of benzene rings is 3. The molecule has 69 heavy (non-hydrogen) atoms. The summed E-state index contributed by atoms with van der Waals surface area (Å²) in [7, 11) is 7.97. The van der Waals surface area contributed by atoms with Gasteiger partial charge in [0.25, 0.3) is 0 Å². The van der Waals surface area contributed by atoms with Crippen LogP contribution in [0, 0.1) is 6.92 Å². The smallest absolute Gasteiger partial charge is 0.227 e. The SMILES string of the molecule is COCCN1CCC(Nc2cc(-c3cnn(C)c3Oc3ccccc3)nn3c(Cc4ccc(Cc5c(-c6cc(NC7CCN(C)CC7)c7nnc(C)n7n6)n(C)c6ccccc56)cc4)nnc23)CC1. The summed E-state index contributed by atoms with van der Waals surface area (Å²) in [5, 5.41) is 42.4. The number of hydrogen-bond acceptors (Lipinski definition) is 13. The predicted molar refractivity (Wildman–Crippen MR) is 268 cm³/mol. The highest BCUT2D eigenvalue weighted by atomic mass is 16.5. The molecule has 0 atom stereocenters. The predicted octanol–water partition coefficient (Wildman–Crippen LogP) is 7.43. The highest BCUT2D eigenvalue weighted by molar-refractivity contribution is 5.92. The standard InChI is InChI=1S/C52H59N15O2/c1-34-56-58-50-46(54-37-19-23-62(2)24-20-37)32-44(61-66(34)50)49-41(40-13-9-10-14-47(40)63(49)3)29-35-15-17-36(18-16-35)30-48-57-59-51-45(55-38-21-25-65(26-22-38)27-28-68-5)31-43(60-67(48)51)42-33-53-64(4)52(42)69-39-11-7-6-8-12-39/h6-18,31-33,37-38,54-55H,19-30H2,1-5H3. The van der Waals surface area contributed by atoms with Crippen LogP contribution in [-0.4, -0.2) is 129 Å². The zero-order valence-electron chi connectivity index (χ0n) is 40.0. The molecule has 0 radical (unpaired) electrons. The molecule has 0 saturated carbocycles. The lowest BCUT2D eigenvalue weighted by Crippen LogP contribution is -2.40. The summed E-state index contributed by atoms with van der Waals surface area (Å²) >= 11 is 0. The molecular formula is C52H59N15O2. The molecule has 2 aliphatic rings. The summed E-state index contributed by atoms with van der Waals surface area (Å²) in [6, 6.07) is 32.1. The third-order valence-corrected chi connectivity index (χ3v) is 13.9. The first-order valence-corrected chi connectivity index (χ1v) is 24.1. The molecule has 0 amide bonds. The Morgan fingerprint density at radius 2 is 1.32 bits per heavy atom. The van der Waals surface area contributed by atoms with Gasteiger partial charge in [-0.1, -0.05) is 60.7 Å². The average Bonchev–Trinajstić information content (AvgIpc) is 4.14. The van der Waals surface area contributed by atoms with Crippen molar-refractivity contribution in [1.82, 2.24) is 63.8 Å². The number of anilines is 2. The van der Waals surface area contributed by atoms with Crippen LogP contribution in [0.3, 0.4) is 0 Å². The highest BCUT2D eigenvalue weighted by Crippen LogP contribution is 2.37. The Labute approximate surface area is 401 Å². The molecule has 2 fully saturated rings. The number of ether oxygens (including phenoxy) is 2. The molecule has 9 aromatic rings. The van der Waals surface area contributed by atoms with Crippen LogP contribution < -0.4 is 15.4 Å². The molecule has 11 rings (SSSR count). The lowest BCUT2D eigenvalue weighted by molar-refractivity contribution is 0.132. The third kappa shape index (κ3) is 9.00. The summed E-state index contributed by atoms with van der Waals surface area (Å²) in [6.45, 7) is 7.74. The average molecular weight is 926 g/mol. The third-order valence-electron chi connectivity index (χ3n) is 13.9. The zero-order chi connectivity index (χ0) is 47.0. The first-order chi connectivity index (χ1) is 33.8. The second-order valence-electron chi connectivity index (χ2n) is 18.7. The van der Waals surface area contributed by atoms with Gasteiger partial charge in [0.05, 0.1) is 35.4 Å². The molecule has 0 bridgehead atoms. The number of aryl methyl sites for hydroxylation is 3. The van der Waals surface area contributed by atoms with Gasteiger partial charge in [-0.25, -0.2) is 4.68 Å². The van der Waals surface area contributed by atoms with Crippen molar-refractivity contribution in [2.75, 3.05) is 64.1 Å². The Hall–Kier alpha value is -7.21. The number of methoxy groups -OCH3 is 1. The molecule has 0 spiro atoms. The first-order valence-electron chi connectivity index (χ1n) is 24.1. The van der Waals surface area contributed by atoms with Crippen LogP contribution in [0.25, 0.3) is 44.8 Å². The van der Waals surface area contributed by atoms with Gasteiger partial charge in [-0.05, 0) is 99.8 Å². The van der Waals surface area contributed by atoms with E-state index >= 15 is 0 Å². The first kappa shape index (κ1) is 44.3. The van der Waals surface area contributed by atoms with Gasteiger partial charge in [0.1, 0.15) is 17.1 Å². The molecule has 2 aliphatic heterocycles. The number of hydrogen-bond donors (Lipinski definition) is 2. The summed E-state index contributed by atoms with van der Waals surface area (Å²) in [5.74, 6) is 2.80. The van der Waals surface area contributed by atoms with Gasteiger partial charge in [-0.15, -0.1) is 20.4 Å². The fraction of sp³-hybridized carbons (Fsp3) is 0.365. The van der Waals surface area contributed by atoms with Gasteiger partial charge in [-0.2, -0.15) is 24.3 Å². The normalized spacial score (nSPS) is 15.5. The topological polar surface area (TPSA) is 158 Å². The molecule has 6 aromatic heterocycles. The quantitative estimate of drug-likeness (QED) is 0.105. The number of nitrogens with one attached hydrogen (secondary N) is 2. The minimum Gasteiger partial charge on any atom is -0.439 e. The Morgan fingerprint density at radius 1 is 0.681 bits per heavy atom. The van der Waals surface area contributed by atoms with E-state index in [-0.39, 0.29) is 6.04 Å². The van der Waals surface area contributed by atoms with E-state index in [4.69, 9.17) is 29.9 Å². The van der Waals surface area contributed by atoms with Gasteiger partial charge in [0, 0.05) is 76.7 Å². The van der Waals surface area contributed by atoms with Gasteiger partial charge in [0.15, 0.2) is 11.6 Å².